The first-order valence-corrected chi connectivity index (χ1v) is 8.46. The molecule has 5 rings (SSSR count). The lowest BCUT2D eigenvalue weighted by molar-refractivity contribution is 0.409. The Bertz CT molecular complexity index is 680. The highest BCUT2D eigenvalue weighted by atomic mass is 15.2. The molecule has 108 valence electrons. The maximum atomic E-state index is 2.74. The van der Waals surface area contributed by atoms with Crippen molar-refractivity contribution in [2.45, 2.75) is 38.5 Å². The van der Waals surface area contributed by atoms with Crippen LogP contribution >= 0.6 is 0 Å². The second-order valence-corrected chi connectivity index (χ2v) is 7.47. The lowest BCUT2D eigenvalue weighted by Gasteiger charge is -2.47. The fourth-order valence-electron chi connectivity index (χ4n) is 5.27. The van der Waals surface area contributed by atoms with E-state index < -0.39 is 0 Å². The van der Waals surface area contributed by atoms with Gasteiger partial charge in [0.1, 0.15) is 0 Å². The summed E-state index contributed by atoms with van der Waals surface area (Å²) in [5.74, 6) is 2.99. The number of anilines is 1. The molecule has 2 heterocycles. The van der Waals surface area contributed by atoms with Gasteiger partial charge in [0.25, 0.3) is 0 Å². The van der Waals surface area contributed by atoms with Gasteiger partial charge in [-0.1, -0.05) is 30.4 Å². The number of rotatable bonds is 0. The molecule has 0 spiro atoms. The average Bonchev–Trinajstić information content (AvgIpc) is 3.11. The van der Waals surface area contributed by atoms with E-state index in [1.807, 2.05) is 0 Å². The highest BCUT2D eigenvalue weighted by molar-refractivity contribution is 5.71. The second kappa shape index (κ2) is 4.03. The van der Waals surface area contributed by atoms with Gasteiger partial charge in [-0.3, -0.25) is 0 Å². The molecule has 0 saturated carbocycles. The highest BCUT2D eigenvalue weighted by Crippen LogP contribution is 2.54. The molecule has 4 aliphatic rings. The molecule has 0 N–H and O–H groups in total. The van der Waals surface area contributed by atoms with Crippen LogP contribution in [0.25, 0.3) is 0 Å². The molecule has 1 nitrogen and oxygen atoms in total. The van der Waals surface area contributed by atoms with Crippen molar-refractivity contribution in [2.75, 3.05) is 18.0 Å². The van der Waals surface area contributed by atoms with Crippen LogP contribution in [0.1, 0.15) is 46.9 Å². The largest absolute Gasteiger partial charge is 0.370 e. The summed E-state index contributed by atoms with van der Waals surface area (Å²) < 4.78 is 0. The van der Waals surface area contributed by atoms with Crippen molar-refractivity contribution in [2.24, 2.45) is 11.8 Å². The quantitative estimate of drug-likeness (QED) is 0.633. The first kappa shape index (κ1) is 12.1. The number of allylic oxidation sites excluding steroid dienone is 4. The van der Waals surface area contributed by atoms with Crippen LogP contribution < -0.4 is 4.90 Å². The molecule has 0 aromatic heterocycles. The van der Waals surface area contributed by atoms with Crippen LogP contribution in [-0.2, 0) is 0 Å². The molecule has 4 atom stereocenters. The van der Waals surface area contributed by atoms with E-state index in [9.17, 15) is 0 Å². The zero-order valence-electron chi connectivity index (χ0n) is 13.0. The van der Waals surface area contributed by atoms with Gasteiger partial charge >= 0.3 is 0 Å². The minimum atomic E-state index is 0.677. The van der Waals surface area contributed by atoms with Gasteiger partial charge in [-0.15, -0.1) is 0 Å². The molecule has 1 heteroatoms. The zero-order valence-corrected chi connectivity index (χ0v) is 13.0. The van der Waals surface area contributed by atoms with E-state index in [0.29, 0.717) is 11.8 Å². The third-order valence-corrected chi connectivity index (χ3v) is 6.39. The van der Waals surface area contributed by atoms with Crippen LogP contribution in [0.3, 0.4) is 0 Å². The molecule has 1 aromatic carbocycles. The van der Waals surface area contributed by atoms with Crippen LogP contribution in [0.4, 0.5) is 5.69 Å². The van der Waals surface area contributed by atoms with Crippen molar-refractivity contribution < 1.29 is 0 Å². The van der Waals surface area contributed by atoms with Gasteiger partial charge in [-0.05, 0) is 60.8 Å². The van der Waals surface area contributed by atoms with Gasteiger partial charge < -0.3 is 4.90 Å². The minimum Gasteiger partial charge on any atom is -0.370 e. The Morgan fingerprint density at radius 2 is 1.62 bits per heavy atom. The van der Waals surface area contributed by atoms with Crippen molar-refractivity contribution in [3.63, 3.8) is 0 Å². The number of nitrogens with zero attached hydrogens (tertiary/aromatic N) is 1. The molecule has 0 radical (unpaired) electrons. The normalized spacial score (nSPS) is 34.9. The predicted molar refractivity (Wildman–Crippen MR) is 88.1 cm³/mol. The van der Waals surface area contributed by atoms with E-state index in [2.05, 4.69) is 49.1 Å². The standard InChI is InChI=1S/C20H23N/c1-12-9-18-16-7-3-5-14(16)10-21-11-15-6-4-8-17(15)19(13(12)2)20(18)21/h3-4,7-9,14-17H,5-6,10-11H2,1-2H3/t14-,15+,16-,17+/m0/s1. The van der Waals surface area contributed by atoms with Gasteiger partial charge in [-0.25, -0.2) is 0 Å². The third kappa shape index (κ3) is 1.47. The predicted octanol–water partition coefficient (Wildman–Crippen LogP) is 4.46. The Morgan fingerprint density at radius 1 is 0.952 bits per heavy atom. The molecular weight excluding hydrogens is 254 g/mol. The smallest absolute Gasteiger partial charge is 0.0446 e. The second-order valence-electron chi connectivity index (χ2n) is 7.47. The van der Waals surface area contributed by atoms with Crippen molar-refractivity contribution in [3.05, 3.63) is 52.6 Å². The number of fused-ring (bicyclic) bond motifs is 4. The zero-order chi connectivity index (χ0) is 14.1. The first-order valence-electron chi connectivity index (χ1n) is 8.46. The fourth-order valence-corrected chi connectivity index (χ4v) is 5.27. The van der Waals surface area contributed by atoms with Gasteiger partial charge in [-0.2, -0.15) is 0 Å². The third-order valence-electron chi connectivity index (χ3n) is 6.39. The van der Waals surface area contributed by atoms with Crippen LogP contribution in [0, 0.1) is 25.7 Å². The highest BCUT2D eigenvalue weighted by Gasteiger charge is 2.42. The number of hydrogen-bond acceptors (Lipinski definition) is 1. The van der Waals surface area contributed by atoms with E-state index in [1.54, 1.807) is 22.4 Å². The lowest BCUT2D eigenvalue weighted by atomic mass is 9.73. The molecule has 0 fully saturated rings. The summed E-state index contributed by atoms with van der Waals surface area (Å²) in [6, 6.07) is 2.49. The molecule has 2 aliphatic carbocycles. The van der Waals surface area contributed by atoms with E-state index in [0.717, 1.165) is 11.8 Å². The summed E-state index contributed by atoms with van der Waals surface area (Å²) in [6.45, 7) is 7.18. The number of aryl methyl sites for hydroxylation is 1. The summed E-state index contributed by atoms with van der Waals surface area (Å²) in [5.41, 5.74) is 7.93. The summed E-state index contributed by atoms with van der Waals surface area (Å²) in [4.78, 5) is 2.74. The van der Waals surface area contributed by atoms with E-state index in [4.69, 9.17) is 0 Å². The van der Waals surface area contributed by atoms with E-state index >= 15 is 0 Å². The molecule has 0 amide bonds. The molecule has 0 saturated heterocycles. The van der Waals surface area contributed by atoms with Crippen molar-refractivity contribution in [1.82, 2.24) is 0 Å². The molecule has 0 unspecified atom stereocenters. The maximum absolute atomic E-state index is 2.74. The Kier molecular flexibility index (Phi) is 2.32. The number of benzene rings is 1. The number of hydrogen-bond donors (Lipinski definition) is 0. The monoisotopic (exact) mass is 277 g/mol. The maximum Gasteiger partial charge on any atom is 0.0446 e. The molecule has 2 aliphatic heterocycles. The van der Waals surface area contributed by atoms with Crippen LogP contribution in [-0.4, -0.2) is 13.1 Å². The Balaban J connectivity index is 1.80. The molecular formula is C20H23N. The topological polar surface area (TPSA) is 3.24 Å². The first-order chi connectivity index (χ1) is 10.2. The summed E-state index contributed by atoms with van der Waals surface area (Å²) in [6.07, 6.45) is 12.3. The lowest BCUT2D eigenvalue weighted by Crippen LogP contribution is -2.44. The summed E-state index contributed by atoms with van der Waals surface area (Å²) in [5, 5.41) is 0. The van der Waals surface area contributed by atoms with Gasteiger partial charge in [0.15, 0.2) is 0 Å². The van der Waals surface area contributed by atoms with Gasteiger partial charge in [0.05, 0.1) is 0 Å². The fraction of sp³-hybridized carbons (Fsp3) is 0.500. The van der Waals surface area contributed by atoms with Crippen LogP contribution in [0.5, 0.6) is 0 Å². The van der Waals surface area contributed by atoms with Gasteiger partial charge in [0, 0.05) is 30.6 Å². The molecule has 21 heavy (non-hydrogen) atoms. The Morgan fingerprint density at radius 3 is 2.38 bits per heavy atom. The van der Waals surface area contributed by atoms with Crippen LogP contribution in [0.15, 0.2) is 30.4 Å². The van der Waals surface area contributed by atoms with E-state index in [-0.39, 0.29) is 0 Å². The Hall–Kier alpha value is -1.50. The average molecular weight is 277 g/mol. The van der Waals surface area contributed by atoms with Gasteiger partial charge in [0.2, 0.25) is 0 Å². The minimum absolute atomic E-state index is 0.677. The Labute approximate surface area is 127 Å². The SMILES string of the molecule is Cc1cc2c3c(c1C)[C@@H]1C=CC[C@@H]1CN3C[C@@H]1CC=C[C@H]21. The molecule has 1 aromatic rings. The summed E-state index contributed by atoms with van der Waals surface area (Å²) in [7, 11) is 0. The van der Waals surface area contributed by atoms with Crippen molar-refractivity contribution in [3.8, 4) is 0 Å². The van der Waals surface area contributed by atoms with Crippen LogP contribution in [0.2, 0.25) is 0 Å². The molecule has 0 bridgehead atoms. The van der Waals surface area contributed by atoms with Crippen molar-refractivity contribution >= 4 is 5.69 Å². The summed E-state index contributed by atoms with van der Waals surface area (Å²) >= 11 is 0. The van der Waals surface area contributed by atoms with E-state index in [1.165, 1.54) is 31.5 Å². The van der Waals surface area contributed by atoms with Crippen molar-refractivity contribution in [1.29, 1.82) is 0 Å².